The minimum atomic E-state index is -0.365. The van der Waals surface area contributed by atoms with Gasteiger partial charge in [-0.1, -0.05) is 13.3 Å². The quantitative estimate of drug-likeness (QED) is 0.646. The summed E-state index contributed by atoms with van der Waals surface area (Å²) >= 11 is 0. The van der Waals surface area contributed by atoms with Gasteiger partial charge in [-0.15, -0.1) is 0 Å². The number of rotatable bonds is 7. The molecule has 0 aliphatic heterocycles. The maximum atomic E-state index is 11.8. The number of hydrogen-bond acceptors (Lipinski definition) is 3. The molecule has 0 aliphatic carbocycles. The van der Waals surface area contributed by atoms with Crippen LogP contribution in [0.5, 0.6) is 0 Å². The molecule has 0 aromatic heterocycles. The molecule has 2 N–H and O–H groups in total. The van der Waals surface area contributed by atoms with Crippen LogP contribution in [0.4, 0.5) is 0 Å². The highest BCUT2D eigenvalue weighted by Crippen LogP contribution is 2.02. The van der Waals surface area contributed by atoms with Gasteiger partial charge in [-0.3, -0.25) is 4.79 Å². The number of carbonyl (C=O) groups is 1. The summed E-state index contributed by atoms with van der Waals surface area (Å²) in [5.41, 5.74) is 5.50. The van der Waals surface area contributed by atoms with Crippen molar-refractivity contribution in [3.8, 4) is 0 Å². The van der Waals surface area contributed by atoms with Gasteiger partial charge in [0, 0.05) is 26.2 Å². The molecule has 0 saturated carbocycles. The van der Waals surface area contributed by atoms with E-state index in [0.717, 1.165) is 12.8 Å². The third-order valence-corrected chi connectivity index (χ3v) is 2.56. The second-order valence-electron chi connectivity index (χ2n) is 3.90. The fourth-order valence-electron chi connectivity index (χ4n) is 1.14. The first-order valence-electron chi connectivity index (χ1n) is 5.62. The SMILES string of the molecule is CCCCOC(C)C(=O)N(C)C(C)CN. The summed E-state index contributed by atoms with van der Waals surface area (Å²) in [4.78, 5) is 13.4. The average Bonchev–Trinajstić information content (AvgIpc) is 2.26. The molecule has 1 amide bonds. The molecule has 0 fully saturated rings. The zero-order valence-electron chi connectivity index (χ0n) is 10.3. The lowest BCUT2D eigenvalue weighted by Crippen LogP contribution is -2.44. The van der Waals surface area contributed by atoms with Gasteiger partial charge in [0.05, 0.1) is 0 Å². The number of unbranched alkanes of at least 4 members (excludes halogenated alkanes) is 1. The fraction of sp³-hybridized carbons (Fsp3) is 0.909. The van der Waals surface area contributed by atoms with Gasteiger partial charge in [-0.2, -0.15) is 0 Å². The van der Waals surface area contributed by atoms with E-state index in [9.17, 15) is 4.79 Å². The zero-order valence-corrected chi connectivity index (χ0v) is 10.3. The first-order valence-corrected chi connectivity index (χ1v) is 5.62. The van der Waals surface area contributed by atoms with Gasteiger partial charge < -0.3 is 15.4 Å². The monoisotopic (exact) mass is 216 g/mol. The lowest BCUT2D eigenvalue weighted by molar-refractivity contribution is -0.143. The summed E-state index contributed by atoms with van der Waals surface area (Å²) in [6, 6.07) is 0.0646. The van der Waals surface area contributed by atoms with Crippen LogP contribution in [-0.2, 0) is 9.53 Å². The molecule has 0 saturated heterocycles. The third kappa shape index (κ3) is 5.14. The molecule has 0 radical (unpaired) electrons. The minimum Gasteiger partial charge on any atom is -0.369 e. The smallest absolute Gasteiger partial charge is 0.251 e. The Kier molecular flexibility index (Phi) is 7.34. The van der Waals surface area contributed by atoms with Crippen molar-refractivity contribution in [2.24, 2.45) is 5.73 Å². The minimum absolute atomic E-state index is 0.00375. The number of carbonyl (C=O) groups excluding carboxylic acids is 1. The molecule has 15 heavy (non-hydrogen) atoms. The van der Waals surface area contributed by atoms with Crippen LogP contribution >= 0.6 is 0 Å². The van der Waals surface area contributed by atoms with Crippen molar-refractivity contribution in [1.82, 2.24) is 4.90 Å². The van der Waals surface area contributed by atoms with Crippen LogP contribution < -0.4 is 5.73 Å². The van der Waals surface area contributed by atoms with Crippen molar-refractivity contribution in [2.75, 3.05) is 20.2 Å². The second kappa shape index (κ2) is 7.65. The maximum Gasteiger partial charge on any atom is 0.251 e. The van der Waals surface area contributed by atoms with Crippen molar-refractivity contribution in [2.45, 2.75) is 45.8 Å². The zero-order chi connectivity index (χ0) is 11.8. The Morgan fingerprint density at radius 2 is 2.07 bits per heavy atom. The summed E-state index contributed by atoms with van der Waals surface area (Å²) in [5, 5.41) is 0. The first kappa shape index (κ1) is 14.4. The molecule has 4 nitrogen and oxygen atoms in total. The van der Waals surface area contributed by atoms with Gasteiger partial charge >= 0.3 is 0 Å². The largest absolute Gasteiger partial charge is 0.369 e. The number of nitrogens with two attached hydrogens (primary N) is 1. The summed E-state index contributed by atoms with van der Waals surface area (Å²) in [7, 11) is 1.76. The van der Waals surface area contributed by atoms with Crippen molar-refractivity contribution in [1.29, 1.82) is 0 Å². The van der Waals surface area contributed by atoms with Gasteiger partial charge in [0.1, 0.15) is 6.10 Å². The molecule has 4 heteroatoms. The van der Waals surface area contributed by atoms with Crippen LogP contribution in [-0.4, -0.2) is 43.2 Å². The molecule has 0 aromatic carbocycles. The molecular formula is C11H24N2O2. The predicted molar refractivity (Wildman–Crippen MR) is 61.6 cm³/mol. The van der Waals surface area contributed by atoms with E-state index in [0.29, 0.717) is 13.2 Å². The summed E-state index contributed by atoms with van der Waals surface area (Å²) in [6.07, 6.45) is 1.71. The van der Waals surface area contributed by atoms with Gasteiger partial charge in [-0.25, -0.2) is 0 Å². The van der Waals surface area contributed by atoms with E-state index in [1.54, 1.807) is 18.9 Å². The standard InChI is InChI=1S/C11H24N2O2/c1-5-6-7-15-10(3)11(14)13(4)9(2)8-12/h9-10H,5-8,12H2,1-4H3. The highest BCUT2D eigenvalue weighted by molar-refractivity contribution is 5.80. The van der Waals surface area contributed by atoms with E-state index < -0.39 is 0 Å². The van der Waals surface area contributed by atoms with Crippen LogP contribution in [0.2, 0.25) is 0 Å². The molecule has 0 aliphatic rings. The molecule has 2 atom stereocenters. The topological polar surface area (TPSA) is 55.6 Å². The highest BCUT2D eigenvalue weighted by atomic mass is 16.5. The van der Waals surface area contributed by atoms with Crippen LogP contribution in [0.25, 0.3) is 0 Å². The number of hydrogen-bond donors (Lipinski definition) is 1. The summed E-state index contributed by atoms with van der Waals surface area (Å²) in [6.45, 7) is 6.94. The maximum absolute atomic E-state index is 11.8. The normalized spacial score (nSPS) is 14.7. The Hall–Kier alpha value is -0.610. The van der Waals surface area contributed by atoms with Crippen molar-refractivity contribution in [3.05, 3.63) is 0 Å². The van der Waals surface area contributed by atoms with E-state index in [1.807, 2.05) is 6.92 Å². The number of likely N-dealkylation sites (N-methyl/N-ethyl adjacent to an activating group) is 1. The average molecular weight is 216 g/mol. The first-order chi connectivity index (χ1) is 7.04. The molecule has 0 heterocycles. The molecule has 0 aromatic rings. The van der Waals surface area contributed by atoms with Gasteiger partial charge in [-0.05, 0) is 20.3 Å². The van der Waals surface area contributed by atoms with Crippen LogP contribution in [0, 0.1) is 0 Å². The van der Waals surface area contributed by atoms with E-state index >= 15 is 0 Å². The molecule has 90 valence electrons. The van der Waals surface area contributed by atoms with Gasteiger partial charge in [0.2, 0.25) is 0 Å². The van der Waals surface area contributed by atoms with Crippen LogP contribution in [0.3, 0.4) is 0 Å². The molecule has 0 rings (SSSR count). The van der Waals surface area contributed by atoms with E-state index in [2.05, 4.69) is 6.92 Å². The van der Waals surface area contributed by atoms with Crippen LogP contribution in [0.1, 0.15) is 33.6 Å². The lowest BCUT2D eigenvalue weighted by atomic mass is 10.2. The van der Waals surface area contributed by atoms with Crippen molar-refractivity contribution < 1.29 is 9.53 Å². The molecule has 2 unspecified atom stereocenters. The Morgan fingerprint density at radius 1 is 1.47 bits per heavy atom. The Bertz CT molecular complexity index is 185. The second-order valence-corrected chi connectivity index (χ2v) is 3.90. The Balaban J connectivity index is 3.96. The Labute approximate surface area is 92.8 Å². The fourth-order valence-corrected chi connectivity index (χ4v) is 1.14. The van der Waals surface area contributed by atoms with Crippen molar-refractivity contribution >= 4 is 5.91 Å². The lowest BCUT2D eigenvalue weighted by Gasteiger charge is -2.26. The number of amides is 1. The van der Waals surface area contributed by atoms with E-state index in [4.69, 9.17) is 10.5 Å². The number of nitrogens with zero attached hydrogens (tertiary/aromatic N) is 1. The van der Waals surface area contributed by atoms with Gasteiger partial charge in [0.15, 0.2) is 0 Å². The van der Waals surface area contributed by atoms with Gasteiger partial charge in [0.25, 0.3) is 5.91 Å². The predicted octanol–water partition coefficient (Wildman–Crippen LogP) is 0.997. The molecule has 0 spiro atoms. The molecular weight excluding hydrogens is 192 g/mol. The third-order valence-electron chi connectivity index (χ3n) is 2.56. The highest BCUT2D eigenvalue weighted by Gasteiger charge is 2.20. The molecule has 0 bridgehead atoms. The van der Waals surface area contributed by atoms with Crippen LogP contribution in [0.15, 0.2) is 0 Å². The number of ether oxygens (including phenoxy) is 1. The Morgan fingerprint density at radius 3 is 2.53 bits per heavy atom. The van der Waals surface area contributed by atoms with E-state index in [-0.39, 0.29) is 18.1 Å². The van der Waals surface area contributed by atoms with E-state index in [1.165, 1.54) is 0 Å². The summed E-state index contributed by atoms with van der Waals surface area (Å²) < 4.78 is 5.43. The van der Waals surface area contributed by atoms with Crippen molar-refractivity contribution in [3.63, 3.8) is 0 Å². The summed E-state index contributed by atoms with van der Waals surface area (Å²) in [5.74, 6) is 0.00375.